The van der Waals surface area contributed by atoms with Crippen LogP contribution in [0.25, 0.3) is 27.6 Å². The minimum absolute atomic E-state index is 0. The number of hydrogen-bond acceptors (Lipinski definition) is 4. The maximum atomic E-state index is 6.56. The summed E-state index contributed by atoms with van der Waals surface area (Å²) in [5.41, 5.74) is 8.90. The maximum absolute atomic E-state index is 6.56. The van der Waals surface area contributed by atoms with Crippen LogP contribution in [-0.4, -0.2) is 16.2 Å². The van der Waals surface area contributed by atoms with E-state index in [1.807, 2.05) is 24.4 Å². The van der Waals surface area contributed by atoms with E-state index < -0.39 is 0 Å². The van der Waals surface area contributed by atoms with Crippen LogP contribution >= 0.6 is 0 Å². The summed E-state index contributed by atoms with van der Waals surface area (Å²) in [5.74, 6) is 2.13. The summed E-state index contributed by atoms with van der Waals surface area (Å²) < 4.78 is 8.80. The average Bonchev–Trinajstić information content (AvgIpc) is 3.64. The van der Waals surface area contributed by atoms with Crippen molar-refractivity contribution >= 4 is 44.6 Å². The molecule has 1 aliphatic rings. The number of anilines is 4. The zero-order valence-electron chi connectivity index (χ0n) is 29.3. The van der Waals surface area contributed by atoms with Crippen LogP contribution in [0.3, 0.4) is 0 Å². The van der Waals surface area contributed by atoms with Gasteiger partial charge in [-0.1, -0.05) is 95.2 Å². The molecule has 2 aromatic heterocycles. The molecule has 3 heterocycles. The molecule has 0 aliphatic carbocycles. The van der Waals surface area contributed by atoms with Crippen LogP contribution in [0.2, 0.25) is 0 Å². The van der Waals surface area contributed by atoms with Crippen molar-refractivity contribution in [2.75, 3.05) is 16.5 Å². The van der Waals surface area contributed by atoms with Crippen LogP contribution in [0.15, 0.2) is 121 Å². The van der Waals surface area contributed by atoms with E-state index in [0.29, 0.717) is 18.2 Å². The first-order valence-electron chi connectivity index (χ1n) is 16.9. The Labute approximate surface area is 309 Å². The van der Waals surface area contributed by atoms with Gasteiger partial charge in [-0.15, -0.1) is 35.7 Å². The first-order valence-corrected chi connectivity index (χ1v) is 16.9. The van der Waals surface area contributed by atoms with Crippen LogP contribution < -0.4 is 14.5 Å². The van der Waals surface area contributed by atoms with E-state index in [2.05, 4.69) is 165 Å². The molecular formula is C44H40N4OPt. The van der Waals surface area contributed by atoms with Gasteiger partial charge in [-0.3, -0.25) is 0 Å². The van der Waals surface area contributed by atoms with E-state index in [1.165, 1.54) is 22.2 Å². The minimum Gasteiger partial charge on any atom is -0.509 e. The fourth-order valence-corrected chi connectivity index (χ4v) is 6.92. The van der Waals surface area contributed by atoms with Crippen LogP contribution in [0.5, 0.6) is 11.5 Å². The van der Waals surface area contributed by atoms with Crippen molar-refractivity contribution in [3.63, 3.8) is 0 Å². The van der Waals surface area contributed by atoms with E-state index in [1.54, 1.807) is 0 Å². The van der Waals surface area contributed by atoms with Crippen molar-refractivity contribution < 1.29 is 25.8 Å². The van der Waals surface area contributed by atoms with E-state index in [9.17, 15) is 0 Å². The number of benzene rings is 5. The molecule has 5 aromatic carbocycles. The van der Waals surface area contributed by atoms with E-state index in [4.69, 9.17) is 9.72 Å². The number of fused-ring (bicyclic) bond motifs is 4. The molecule has 0 N–H and O–H groups in total. The zero-order chi connectivity index (χ0) is 33.9. The predicted molar refractivity (Wildman–Crippen MR) is 202 cm³/mol. The number of para-hydroxylation sites is 3. The van der Waals surface area contributed by atoms with Crippen LogP contribution in [-0.2, 0) is 31.9 Å². The number of aromatic nitrogens is 2. The molecule has 0 fully saturated rings. The molecule has 0 atom stereocenters. The standard InChI is InChI=1S/C44H40N4O.Pt/c1-43(2,3)30-24-25-45-41(26-30)48-39-21-13-18-36(44(4,5)6)42(39)35-23-22-34(28-40(35)48)49-33-17-12-16-32(27-33)47-29-46(31-14-8-7-9-15-31)37-19-10-11-20-38(37)47;/h7-26H,29H2,1-6H3;/q-2;+2. The molecule has 50 heavy (non-hydrogen) atoms. The van der Waals surface area contributed by atoms with Gasteiger partial charge in [0.25, 0.3) is 0 Å². The van der Waals surface area contributed by atoms with E-state index in [-0.39, 0.29) is 31.9 Å². The molecule has 0 amide bonds. The molecule has 0 spiro atoms. The first kappa shape index (κ1) is 33.6. The van der Waals surface area contributed by atoms with Crippen molar-refractivity contribution in [1.29, 1.82) is 0 Å². The van der Waals surface area contributed by atoms with Gasteiger partial charge in [0.2, 0.25) is 0 Å². The number of hydrogen-bond donors (Lipinski definition) is 0. The molecule has 252 valence electrons. The van der Waals surface area contributed by atoms with Crippen LogP contribution in [0, 0.1) is 12.1 Å². The van der Waals surface area contributed by atoms with Gasteiger partial charge in [0.15, 0.2) is 0 Å². The Morgan fingerprint density at radius 1 is 0.660 bits per heavy atom. The van der Waals surface area contributed by atoms with Gasteiger partial charge in [-0.05, 0) is 69.8 Å². The maximum Gasteiger partial charge on any atom is 2.00 e. The summed E-state index contributed by atoms with van der Waals surface area (Å²) >= 11 is 0. The largest absolute Gasteiger partial charge is 2.00 e. The third-order valence-electron chi connectivity index (χ3n) is 9.40. The molecule has 7 aromatic rings. The van der Waals surface area contributed by atoms with Gasteiger partial charge < -0.3 is 19.1 Å². The second-order valence-electron chi connectivity index (χ2n) is 14.8. The quantitative estimate of drug-likeness (QED) is 0.162. The smallest absolute Gasteiger partial charge is 0.509 e. The molecular weight excluding hydrogens is 796 g/mol. The monoisotopic (exact) mass is 835 g/mol. The molecule has 0 unspecified atom stereocenters. The van der Waals surface area contributed by atoms with Gasteiger partial charge in [-0.2, -0.15) is 12.1 Å². The van der Waals surface area contributed by atoms with Gasteiger partial charge in [-0.25, -0.2) is 4.98 Å². The van der Waals surface area contributed by atoms with Gasteiger partial charge in [0.05, 0.1) is 18.0 Å². The Bertz CT molecular complexity index is 2330. The van der Waals surface area contributed by atoms with Gasteiger partial charge in [0, 0.05) is 28.9 Å². The van der Waals surface area contributed by atoms with Crippen molar-refractivity contribution in [3.8, 4) is 17.3 Å². The summed E-state index contributed by atoms with van der Waals surface area (Å²) in [7, 11) is 0. The van der Waals surface area contributed by atoms with E-state index >= 15 is 0 Å². The topological polar surface area (TPSA) is 33.5 Å². The second kappa shape index (κ2) is 12.8. The fraction of sp³-hybridized carbons (Fsp3) is 0.205. The van der Waals surface area contributed by atoms with E-state index in [0.717, 1.165) is 39.3 Å². The van der Waals surface area contributed by atoms with Gasteiger partial charge >= 0.3 is 21.1 Å². The Balaban J connectivity index is 0.00000392. The Morgan fingerprint density at radius 3 is 2.10 bits per heavy atom. The average molecular weight is 836 g/mol. The Kier molecular flexibility index (Phi) is 8.60. The molecule has 8 rings (SSSR count). The minimum atomic E-state index is -0.0475. The molecule has 0 saturated heterocycles. The summed E-state index contributed by atoms with van der Waals surface area (Å²) in [6.07, 6.45) is 1.91. The molecule has 0 saturated carbocycles. The first-order chi connectivity index (χ1) is 23.6. The van der Waals surface area contributed by atoms with Crippen LogP contribution in [0.1, 0.15) is 52.7 Å². The Morgan fingerprint density at radius 2 is 1.36 bits per heavy atom. The predicted octanol–water partition coefficient (Wildman–Crippen LogP) is 11.4. The summed E-state index contributed by atoms with van der Waals surface area (Å²) in [5, 5.41) is 2.35. The summed E-state index contributed by atoms with van der Waals surface area (Å²) in [4.78, 5) is 9.49. The third-order valence-corrected chi connectivity index (χ3v) is 9.40. The Hall–Kier alpha value is -4.86. The second-order valence-corrected chi connectivity index (χ2v) is 14.8. The van der Waals surface area contributed by atoms with Crippen molar-refractivity contribution in [2.24, 2.45) is 0 Å². The summed E-state index contributed by atoms with van der Waals surface area (Å²) in [6.45, 7) is 14.2. The number of rotatable bonds is 5. The zero-order valence-corrected chi connectivity index (χ0v) is 31.5. The number of ether oxygens (including phenoxy) is 1. The summed E-state index contributed by atoms with van der Waals surface area (Å²) in [6, 6.07) is 47.4. The fourth-order valence-electron chi connectivity index (χ4n) is 6.92. The molecule has 6 heteroatoms. The number of pyridine rings is 1. The van der Waals surface area contributed by atoms with Crippen molar-refractivity contribution in [2.45, 2.75) is 52.4 Å². The molecule has 5 nitrogen and oxygen atoms in total. The number of nitrogens with zero attached hydrogens (tertiary/aromatic N) is 4. The van der Waals surface area contributed by atoms with Gasteiger partial charge in [0.1, 0.15) is 5.82 Å². The normalized spacial score (nSPS) is 13.1. The van der Waals surface area contributed by atoms with Crippen molar-refractivity contribution in [1.82, 2.24) is 9.55 Å². The van der Waals surface area contributed by atoms with Crippen molar-refractivity contribution in [3.05, 3.63) is 145 Å². The van der Waals surface area contributed by atoms with Crippen LogP contribution in [0.4, 0.5) is 22.7 Å². The molecule has 1 aliphatic heterocycles. The molecule has 0 bridgehead atoms. The third kappa shape index (κ3) is 5.98. The SMILES string of the molecule is CC(C)(C)c1ccnc(-n2c3[c-]c(Oc4[c-]c(N5CN(c6ccccc6)c6ccccc65)ccc4)ccc3c3c(C(C)(C)C)cccc32)c1.[Pt+2]. The molecule has 0 radical (unpaired) electrons.